The fraction of sp³-hybridized carbons (Fsp3) is 0.263. The zero-order valence-corrected chi connectivity index (χ0v) is 16.8. The number of likely N-dealkylation sites (N-methyl/N-ethyl adjacent to an activating group) is 1. The van der Waals surface area contributed by atoms with Gasteiger partial charge in [0.25, 0.3) is 0 Å². The van der Waals surface area contributed by atoms with E-state index in [1.165, 1.54) is 30.1 Å². The minimum atomic E-state index is -0.707. The minimum absolute atomic E-state index is 0.129. The van der Waals surface area contributed by atoms with Gasteiger partial charge in [-0.15, -0.1) is 0 Å². The molecule has 2 aromatic carbocycles. The van der Waals surface area contributed by atoms with Gasteiger partial charge in [0, 0.05) is 28.7 Å². The van der Waals surface area contributed by atoms with Gasteiger partial charge >= 0.3 is 0 Å². The van der Waals surface area contributed by atoms with Crippen LogP contribution in [0.15, 0.2) is 46.9 Å². The summed E-state index contributed by atoms with van der Waals surface area (Å²) in [7, 11) is 1.51. The Kier molecular flexibility index (Phi) is 7.17. The molecule has 4 nitrogen and oxygen atoms in total. The van der Waals surface area contributed by atoms with E-state index in [9.17, 15) is 14.0 Å². The van der Waals surface area contributed by atoms with Crippen LogP contribution < -0.4 is 5.32 Å². The topological polar surface area (TPSA) is 49.4 Å². The SMILES string of the molecule is CNC(=O)[C@H](C)N(Cc1ccc(Br)cc1)C(=O)Cc1c(F)cccc1Cl. The van der Waals surface area contributed by atoms with Crippen LogP contribution in [-0.2, 0) is 22.6 Å². The lowest BCUT2D eigenvalue weighted by molar-refractivity contribution is -0.139. The monoisotopic (exact) mass is 440 g/mol. The summed E-state index contributed by atoms with van der Waals surface area (Å²) in [5, 5.41) is 2.73. The van der Waals surface area contributed by atoms with Gasteiger partial charge in [-0.2, -0.15) is 0 Å². The fourth-order valence-corrected chi connectivity index (χ4v) is 3.03. The number of hydrogen-bond acceptors (Lipinski definition) is 2. The second-order valence-corrected chi connectivity index (χ2v) is 7.14. The van der Waals surface area contributed by atoms with E-state index in [1.54, 1.807) is 6.92 Å². The second-order valence-electron chi connectivity index (χ2n) is 5.82. The van der Waals surface area contributed by atoms with E-state index >= 15 is 0 Å². The molecular weight excluding hydrogens is 423 g/mol. The second kappa shape index (κ2) is 9.14. The molecule has 0 fully saturated rings. The number of amides is 2. The zero-order chi connectivity index (χ0) is 19.3. The highest BCUT2D eigenvalue weighted by atomic mass is 79.9. The van der Waals surface area contributed by atoms with Crippen molar-refractivity contribution in [2.45, 2.75) is 25.9 Å². The summed E-state index contributed by atoms with van der Waals surface area (Å²) >= 11 is 9.39. The van der Waals surface area contributed by atoms with Crippen LogP contribution in [0.1, 0.15) is 18.1 Å². The molecule has 138 valence electrons. The Hall–Kier alpha value is -1.92. The van der Waals surface area contributed by atoms with E-state index in [2.05, 4.69) is 21.2 Å². The van der Waals surface area contributed by atoms with Gasteiger partial charge in [-0.3, -0.25) is 9.59 Å². The number of carbonyl (C=O) groups excluding carboxylic acids is 2. The molecule has 26 heavy (non-hydrogen) atoms. The Morgan fingerprint density at radius 2 is 1.88 bits per heavy atom. The van der Waals surface area contributed by atoms with Crippen LogP contribution >= 0.6 is 27.5 Å². The van der Waals surface area contributed by atoms with Crippen LogP contribution in [0.4, 0.5) is 4.39 Å². The summed E-state index contributed by atoms with van der Waals surface area (Å²) in [4.78, 5) is 26.4. The Bertz CT molecular complexity index is 778. The zero-order valence-electron chi connectivity index (χ0n) is 14.4. The Morgan fingerprint density at radius 3 is 2.46 bits per heavy atom. The first-order valence-electron chi connectivity index (χ1n) is 8.02. The van der Waals surface area contributed by atoms with Crippen molar-refractivity contribution >= 4 is 39.3 Å². The molecule has 0 heterocycles. The molecule has 0 bridgehead atoms. The van der Waals surface area contributed by atoms with Crippen LogP contribution in [0.3, 0.4) is 0 Å². The predicted molar refractivity (Wildman–Crippen MR) is 103 cm³/mol. The van der Waals surface area contributed by atoms with Crippen molar-refractivity contribution in [3.05, 3.63) is 68.9 Å². The van der Waals surface area contributed by atoms with Gasteiger partial charge < -0.3 is 10.2 Å². The number of nitrogens with one attached hydrogen (secondary N) is 1. The summed E-state index contributed by atoms with van der Waals surface area (Å²) in [5.74, 6) is -1.21. The van der Waals surface area contributed by atoms with Crippen LogP contribution in [0.25, 0.3) is 0 Å². The van der Waals surface area contributed by atoms with Crippen molar-refractivity contribution in [1.82, 2.24) is 10.2 Å². The lowest BCUT2D eigenvalue weighted by atomic mass is 10.1. The lowest BCUT2D eigenvalue weighted by Crippen LogP contribution is -2.47. The van der Waals surface area contributed by atoms with E-state index in [1.807, 2.05) is 24.3 Å². The molecule has 0 aliphatic carbocycles. The third-order valence-electron chi connectivity index (χ3n) is 4.07. The molecule has 0 aliphatic rings. The largest absolute Gasteiger partial charge is 0.357 e. The first kappa shape index (κ1) is 20.4. The van der Waals surface area contributed by atoms with Gasteiger partial charge in [-0.1, -0.05) is 45.7 Å². The normalized spacial score (nSPS) is 11.7. The maximum absolute atomic E-state index is 14.0. The molecule has 0 aromatic heterocycles. The number of rotatable bonds is 6. The number of carbonyl (C=O) groups is 2. The minimum Gasteiger partial charge on any atom is -0.357 e. The summed E-state index contributed by atoms with van der Waals surface area (Å²) in [6, 6.07) is 11.0. The molecule has 2 aromatic rings. The Morgan fingerprint density at radius 1 is 1.23 bits per heavy atom. The van der Waals surface area contributed by atoms with Gasteiger partial charge in [0.15, 0.2) is 0 Å². The van der Waals surface area contributed by atoms with Crippen LogP contribution in [0, 0.1) is 5.82 Å². The van der Waals surface area contributed by atoms with Gasteiger partial charge in [0.1, 0.15) is 11.9 Å². The highest BCUT2D eigenvalue weighted by Gasteiger charge is 2.26. The summed E-state index contributed by atoms with van der Waals surface area (Å²) in [6.07, 6.45) is -0.219. The Balaban J connectivity index is 2.28. The molecule has 2 rings (SSSR count). The van der Waals surface area contributed by atoms with Gasteiger partial charge in [-0.25, -0.2) is 4.39 Å². The van der Waals surface area contributed by atoms with Gasteiger partial charge in [0.2, 0.25) is 11.8 Å². The first-order chi connectivity index (χ1) is 12.3. The van der Waals surface area contributed by atoms with Crippen molar-refractivity contribution in [2.75, 3.05) is 7.05 Å². The number of nitrogens with zero attached hydrogens (tertiary/aromatic N) is 1. The number of halogens is 3. The molecule has 0 aliphatic heterocycles. The fourth-order valence-electron chi connectivity index (χ4n) is 2.53. The van der Waals surface area contributed by atoms with Crippen LogP contribution in [0.2, 0.25) is 5.02 Å². The maximum atomic E-state index is 14.0. The summed E-state index contributed by atoms with van der Waals surface area (Å²) in [6.45, 7) is 1.87. The van der Waals surface area contributed by atoms with E-state index in [0.29, 0.717) is 0 Å². The van der Waals surface area contributed by atoms with Crippen molar-refractivity contribution < 1.29 is 14.0 Å². The first-order valence-corrected chi connectivity index (χ1v) is 9.19. The molecular formula is C19H19BrClFN2O2. The van der Waals surface area contributed by atoms with Crippen LogP contribution in [-0.4, -0.2) is 29.8 Å². The molecule has 7 heteroatoms. The third kappa shape index (κ3) is 5.05. The number of benzene rings is 2. The van der Waals surface area contributed by atoms with Crippen molar-refractivity contribution in [3.8, 4) is 0 Å². The van der Waals surface area contributed by atoms with Gasteiger partial charge in [-0.05, 0) is 36.8 Å². The van der Waals surface area contributed by atoms with Crippen molar-refractivity contribution in [1.29, 1.82) is 0 Å². The van der Waals surface area contributed by atoms with Crippen LogP contribution in [0.5, 0.6) is 0 Å². The molecule has 0 unspecified atom stereocenters. The third-order valence-corrected chi connectivity index (χ3v) is 4.95. The smallest absolute Gasteiger partial charge is 0.242 e. The molecule has 0 saturated carbocycles. The van der Waals surface area contributed by atoms with Gasteiger partial charge in [0.05, 0.1) is 6.42 Å². The summed E-state index contributed by atoms with van der Waals surface area (Å²) < 4.78 is 14.9. The van der Waals surface area contributed by atoms with Crippen molar-refractivity contribution in [3.63, 3.8) is 0 Å². The molecule has 1 N–H and O–H groups in total. The van der Waals surface area contributed by atoms with E-state index < -0.39 is 11.9 Å². The van der Waals surface area contributed by atoms with E-state index in [0.717, 1.165) is 10.0 Å². The highest BCUT2D eigenvalue weighted by Crippen LogP contribution is 2.21. The summed E-state index contributed by atoms with van der Waals surface area (Å²) in [5.41, 5.74) is 0.987. The highest BCUT2D eigenvalue weighted by molar-refractivity contribution is 9.10. The average Bonchev–Trinajstić information content (AvgIpc) is 2.63. The quantitative estimate of drug-likeness (QED) is 0.738. The molecule has 0 saturated heterocycles. The molecule has 0 radical (unpaired) electrons. The Labute approximate surface area is 165 Å². The average molecular weight is 442 g/mol. The standard InChI is InChI=1S/C19H19BrClFN2O2/c1-12(19(26)23-2)24(11-13-6-8-14(20)9-7-13)18(25)10-15-16(21)4-3-5-17(15)22/h3-9,12H,10-11H2,1-2H3,(H,23,26)/t12-/m0/s1. The molecule has 1 atom stereocenters. The lowest BCUT2D eigenvalue weighted by Gasteiger charge is -2.28. The molecule has 2 amide bonds. The maximum Gasteiger partial charge on any atom is 0.242 e. The molecule has 0 spiro atoms. The predicted octanol–water partition coefficient (Wildman–Crippen LogP) is 3.95. The van der Waals surface area contributed by atoms with E-state index in [-0.39, 0.29) is 35.4 Å². The van der Waals surface area contributed by atoms with E-state index in [4.69, 9.17) is 11.6 Å². The number of hydrogen-bond donors (Lipinski definition) is 1. The van der Waals surface area contributed by atoms with Crippen molar-refractivity contribution in [2.24, 2.45) is 0 Å².